The van der Waals surface area contributed by atoms with Crippen molar-refractivity contribution < 1.29 is 26.3 Å². The summed E-state index contributed by atoms with van der Waals surface area (Å²) in [5, 5.41) is 7.51. The Morgan fingerprint density at radius 3 is 2.60 bits per heavy atom. The summed E-state index contributed by atoms with van der Waals surface area (Å²) in [6.45, 7) is 3.62. The number of pyridine rings is 1. The average Bonchev–Trinajstić information content (AvgIpc) is 3.03. The number of ether oxygens (including phenoxy) is 1. The van der Waals surface area contributed by atoms with Crippen molar-refractivity contribution in [2.75, 3.05) is 18.4 Å². The number of hydrogen-bond acceptors (Lipinski definition) is 8. The zero-order chi connectivity index (χ0) is 31.6. The summed E-state index contributed by atoms with van der Waals surface area (Å²) < 4.78 is 75.8. The zero-order valence-electron chi connectivity index (χ0n) is 24.4. The second-order valence-corrected chi connectivity index (χ2v) is 13.1. The van der Waals surface area contributed by atoms with Crippen LogP contribution < -0.4 is 15.4 Å². The standard InChI is InChI=1S/C33H30F3N5O3S/c1-20-9-10-23-24(11-12-27(34)26(23)19-45(42,43)18-21-5-2-8-28(35)30(21)36)31(20)44-32-25(7-4-15-38-32)29-13-16-39-33(41-29)40-22-6-3-14-37-17-22/h2,4-5,7-13,15-16,22,37H,3,6,14,17-19H2,1H3,(H,39,40,41)/t22-/m0/s1. The third kappa shape index (κ3) is 6.76. The third-order valence-corrected chi connectivity index (χ3v) is 9.18. The van der Waals surface area contributed by atoms with Crippen LogP contribution in [0.25, 0.3) is 22.0 Å². The molecular weight excluding hydrogens is 603 g/mol. The van der Waals surface area contributed by atoms with Gasteiger partial charge in [-0.2, -0.15) is 0 Å². The smallest absolute Gasteiger partial charge is 0.228 e. The van der Waals surface area contributed by atoms with Crippen LogP contribution in [-0.4, -0.2) is 42.5 Å². The van der Waals surface area contributed by atoms with Crippen LogP contribution in [-0.2, 0) is 21.3 Å². The SMILES string of the molecule is Cc1ccc2c(CS(=O)(=O)Cc3cccc(F)c3F)c(F)ccc2c1Oc1ncccc1-c1ccnc(N[C@H]2CCCNC2)n1. The van der Waals surface area contributed by atoms with E-state index in [-0.39, 0.29) is 23.0 Å². The van der Waals surface area contributed by atoms with E-state index in [0.717, 1.165) is 32.0 Å². The second-order valence-electron chi connectivity index (χ2n) is 11.0. The van der Waals surface area contributed by atoms with Crippen LogP contribution in [0.5, 0.6) is 11.6 Å². The van der Waals surface area contributed by atoms with Crippen LogP contribution in [0.1, 0.15) is 29.5 Å². The van der Waals surface area contributed by atoms with Crippen molar-refractivity contribution in [1.29, 1.82) is 0 Å². The van der Waals surface area contributed by atoms with Gasteiger partial charge in [0.05, 0.1) is 22.8 Å². The van der Waals surface area contributed by atoms with Gasteiger partial charge >= 0.3 is 0 Å². The minimum Gasteiger partial charge on any atom is -0.437 e. The molecule has 0 radical (unpaired) electrons. The molecule has 3 heterocycles. The highest BCUT2D eigenvalue weighted by Crippen LogP contribution is 2.38. The van der Waals surface area contributed by atoms with E-state index in [1.54, 1.807) is 36.7 Å². The molecule has 0 bridgehead atoms. The lowest BCUT2D eigenvalue weighted by molar-refractivity contribution is 0.466. The van der Waals surface area contributed by atoms with Crippen molar-refractivity contribution in [1.82, 2.24) is 20.3 Å². The molecule has 2 N–H and O–H groups in total. The first-order valence-corrected chi connectivity index (χ1v) is 16.3. The molecule has 5 aromatic rings. The van der Waals surface area contributed by atoms with E-state index in [1.807, 2.05) is 13.0 Å². The number of benzene rings is 3. The Morgan fingerprint density at radius 2 is 1.78 bits per heavy atom. The molecule has 1 atom stereocenters. The fourth-order valence-electron chi connectivity index (χ4n) is 5.47. The number of aromatic nitrogens is 3. The van der Waals surface area contributed by atoms with E-state index in [9.17, 15) is 17.2 Å². The van der Waals surface area contributed by atoms with Gasteiger partial charge < -0.3 is 15.4 Å². The van der Waals surface area contributed by atoms with Gasteiger partial charge in [-0.15, -0.1) is 0 Å². The predicted octanol–water partition coefficient (Wildman–Crippen LogP) is 6.49. The predicted molar refractivity (Wildman–Crippen MR) is 166 cm³/mol. The molecule has 0 unspecified atom stereocenters. The number of nitrogens with one attached hydrogen (secondary N) is 2. The Balaban J connectivity index is 1.33. The highest BCUT2D eigenvalue weighted by atomic mass is 32.2. The Bertz CT molecular complexity index is 1980. The number of hydrogen-bond donors (Lipinski definition) is 2. The number of piperidine rings is 1. The van der Waals surface area contributed by atoms with Crippen LogP contribution >= 0.6 is 0 Å². The highest BCUT2D eigenvalue weighted by molar-refractivity contribution is 7.89. The van der Waals surface area contributed by atoms with Crippen LogP contribution in [0.3, 0.4) is 0 Å². The number of halogens is 3. The lowest BCUT2D eigenvalue weighted by Crippen LogP contribution is -2.38. The minimum absolute atomic E-state index is 0.0980. The molecule has 1 fully saturated rings. The molecule has 1 aliphatic rings. The number of nitrogens with zero attached hydrogens (tertiary/aromatic N) is 3. The van der Waals surface area contributed by atoms with Gasteiger partial charge in [0.15, 0.2) is 21.5 Å². The van der Waals surface area contributed by atoms with Gasteiger partial charge in [-0.1, -0.05) is 24.3 Å². The van der Waals surface area contributed by atoms with E-state index < -0.39 is 38.8 Å². The van der Waals surface area contributed by atoms with Crippen molar-refractivity contribution in [3.8, 4) is 22.9 Å². The quantitative estimate of drug-likeness (QED) is 0.190. The van der Waals surface area contributed by atoms with Gasteiger partial charge in [0.25, 0.3) is 0 Å². The molecule has 3 aromatic carbocycles. The fraction of sp³-hybridized carbons (Fsp3) is 0.242. The molecule has 45 heavy (non-hydrogen) atoms. The monoisotopic (exact) mass is 633 g/mol. The summed E-state index contributed by atoms with van der Waals surface area (Å²) in [5.74, 6) is -3.55. The molecule has 8 nitrogen and oxygen atoms in total. The Labute approximate surface area is 258 Å². The Hall–Kier alpha value is -4.55. The maximum absolute atomic E-state index is 15.2. The van der Waals surface area contributed by atoms with Crippen molar-refractivity contribution in [3.63, 3.8) is 0 Å². The van der Waals surface area contributed by atoms with Crippen molar-refractivity contribution in [2.24, 2.45) is 0 Å². The molecule has 12 heteroatoms. The van der Waals surface area contributed by atoms with E-state index in [1.165, 1.54) is 24.3 Å². The molecule has 0 saturated carbocycles. The van der Waals surface area contributed by atoms with E-state index in [4.69, 9.17) is 9.72 Å². The summed E-state index contributed by atoms with van der Waals surface area (Å²) in [6.07, 6.45) is 5.31. The number of fused-ring (bicyclic) bond motifs is 1. The number of anilines is 1. The maximum Gasteiger partial charge on any atom is 0.228 e. The topological polar surface area (TPSA) is 106 Å². The summed E-state index contributed by atoms with van der Waals surface area (Å²) in [4.78, 5) is 13.5. The van der Waals surface area contributed by atoms with Crippen LogP contribution in [0, 0.1) is 24.4 Å². The summed E-state index contributed by atoms with van der Waals surface area (Å²) in [7, 11) is -4.10. The average molecular weight is 634 g/mol. The normalized spacial score (nSPS) is 15.2. The van der Waals surface area contributed by atoms with Crippen molar-refractivity contribution in [3.05, 3.63) is 107 Å². The minimum atomic E-state index is -4.10. The first-order chi connectivity index (χ1) is 21.7. The molecule has 1 aliphatic heterocycles. The molecule has 0 spiro atoms. The van der Waals surface area contributed by atoms with E-state index >= 15 is 4.39 Å². The summed E-state index contributed by atoms with van der Waals surface area (Å²) in [5.41, 5.74) is 1.47. The van der Waals surface area contributed by atoms with Gasteiger partial charge in [-0.05, 0) is 73.7 Å². The highest BCUT2D eigenvalue weighted by Gasteiger charge is 2.23. The third-order valence-electron chi connectivity index (χ3n) is 7.71. The maximum atomic E-state index is 15.2. The van der Waals surface area contributed by atoms with Gasteiger partial charge in [0.1, 0.15) is 11.6 Å². The molecular formula is C33H30F3N5O3S. The number of sulfone groups is 1. The summed E-state index contributed by atoms with van der Waals surface area (Å²) >= 11 is 0. The zero-order valence-corrected chi connectivity index (χ0v) is 25.2. The van der Waals surface area contributed by atoms with Crippen molar-refractivity contribution >= 4 is 26.6 Å². The number of rotatable bonds is 9. The Kier molecular flexibility index (Phi) is 8.68. The molecule has 1 saturated heterocycles. The lowest BCUT2D eigenvalue weighted by Gasteiger charge is -2.23. The van der Waals surface area contributed by atoms with Gasteiger partial charge in [0.2, 0.25) is 11.8 Å². The first-order valence-electron chi connectivity index (χ1n) is 14.5. The molecule has 6 rings (SSSR count). The Morgan fingerprint density at radius 1 is 0.933 bits per heavy atom. The van der Waals surface area contributed by atoms with Crippen LogP contribution in [0.4, 0.5) is 19.1 Å². The van der Waals surface area contributed by atoms with E-state index in [2.05, 4.69) is 20.6 Å². The fourth-order valence-corrected chi connectivity index (χ4v) is 7.00. The van der Waals surface area contributed by atoms with Gasteiger partial charge in [-0.25, -0.2) is 36.5 Å². The second kappa shape index (κ2) is 12.8. The van der Waals surface area contributed by atoms with Crippen molar-refractivity contribution in [2.45, 2.75) is 37.3 Å². The largest absolute Gasteiger partial charge is 0.437 e. The van der Waals surface area contributed by atoms with E-state index in [0.29, 0.717) is 39.3 Å². The molecule has 232 valence electrons. The lowest BCUT2D eigenvalue weighted by atomic mass is 10.0. The molecule has 0 amide bonds. The molecule has 2 aromatic heterocycles. The molecule has 0 aliphatic carbocycles. The van der Waals surface area contributed by atoms with Gasteiger partial charge in [0, 0.05) is 41.5 Å². The number of aryl methyl sites for hydroxylation is 1. The summed E-state index contributed by atoms with van der Waals surface area (Å²) in [6, 6.07) is 14.9. The van der Waals surface area contributed by atoms with Gasteiger partial charge in [-0.3, -0.25) is 0 Å². The van der Waals surface area contributed by atoms with Crippen LogP contribution in [0.2, 0.25) is 0 Å². The first kappa shape index (κ1) is 30.5. The van der Waals surface area contributed by atoms with Crippen LogP contribution in [0.15, 0.2) is 73.1 Å².